The average Bonchev–Trinajstić information content (AvgIpc) is 3.07. The number of hydrogen-bond acceptors (Lipinski definition) is 22. The first-order valence-corrected chi connectivity index (χ1v) is 19.0. The van der Waals surface area contributed by atoms with Crippen LogP contribution in [-0.4, -0.2) is 205 Å². The van der Waals surface area contributed by atoms with Crippen molar-refractivity contribution in [2.75, 3.05) is 46.2 Å². The monoisotopic (exact) mass is 836 g/mol. The van der Waals surface area contributed by atoms with Gasteiger partial charge >= 0.3 is 15.6 Å². The number of aliphatic hydroxyl groups is 8. The Bertz CT molecular complexity index is 1230. The van der Waals surface area contributed by atoms with E-state index in [1.165, 1.54) is 0 Å². The maximum Gasteiger partial charge on any atom is 0.469 e. The van der Waals surface area contributed by atoms with E-state index in [2.05, 4.69) is 19.4 Å². The molecular weight excluding hydrogens is 786 g/mol. The Balaban J connectivity index is 1.83. The van der Waals surface area contributed by atoms with Crippen molar-refractivity contribution in [1.82, 2.24) is 0 Å². The molecule has 0 aromatic rings. The lowest BCUT2D eigenvalue weighted by molar-refractivity contribution is -0.301. The Kier molecular flexibility index (Phi) is 20.3. The minimum Gasteiger partial charge on any atom is -0.394 e. The van der Waals surface area contributed by atoms with Crippen molar-refractivity contribution in [3.05, 3.63) is 0 Å². The minimum absolute atomic E-state index is 0.290. The SMILES string of the molecule is CC(C)(C)O[C@H](O[C@@H](/C=N/OCCOC1O[C@H](COP(=O)(O)O)[C@@H](O)[C@H](O)[C@@H]1O)CO)[C@H](O)/C=N\OCCOC1O[C@H](COP(=O)(O)O)[C@@H](O)[C@H](O)[C@@H]1O. The molecule has 0 spiro atoms. The van der Waals surface area contributed by atoms with Crippen molar-refractivity contribution in [3.63, 3.8) is 0 Å². The molecule has 2 saturated heterocycles. The highest BCUT2D eigenvalue weighted by molar-refractivity contribution is 7.46. The Morgan fingerprint density at radius 3 is 1.50 bits per heavy atom. The van der Waals surface area contributed by atoms with Gasteiger partial charge in [-0.1, -0.05) is 10.3 Å². The van der Waals surface area contributed by atoms with Gasteiger partial charge < -0.3 is 98.5 Å². The fourth-order valence-electron chi connectivity index (χ4n) is 4.34. The molecule has 2 rings (SSSR count). The third-order valence-corrected chi connectivity index (χ3v) is 7.86. The van der Waals surface area contributed by atoms with Crippen molar-refractivity contribution >= 4 is 28.1 Å². The van der Waals surface area contributed by atoms with E-state index in [1.54, 1.807) is 20.8 Å². The number of hydrogen-bond donors (Lipinski definition) is 12. The van der Waals surface area contributed by atoms with Gasteiger partial charge in [0.25, 0.3) is 0 Å². The van der Waals surface area contributed by atoms with Crippen LogP contribution in [0.5, 0.6) is 0 Å². The second-order valence-corrected chi connectivity index (χ2v) is 14.9. The van der Waals surface area contributed by atoms with Crippen molar-refractivity contribution in [2.24, 2.45) is 10.3 Å². The van der Waals surface area contributed by atoms with Crippen molar-refractivity contribution in [1.29, 1.82) is 0 Å². The Morgan fingerprint density at radius 1 is 0.685 bits per heavy atom. The summed E-state index contributed by atoms with van der Waals surface area (Å²) < 4.78 is 62.7. The fourth-order valence-corrected chi connectivity index (χ4v) is 5.03. The summed E-state index contributed by atoms with van der Waals surface area (Å²) in [6.07, 6.45) is -19.0. The summed E-state index contributed by atoms with van der Waals surface area (Å²) in [5.41, 5.74) is -0.886. The van der Waals surface area contributed by atoms with Crippen LogP contribution in [0.4, 0.5) is 0 Å². The zero-order chi connectivity index (χ0) is 40.9. The number of phosphoric ester groups is 2. The van der Waals surface area contributed by atoms with Gasteiger partial charge in [-0.15, -0.1) is 0 Å². The van der Waals surface area contributed by atoms with Gasteiger partial charge in [-0.05, 0) is 20.8 Å². The highest BCUT2D eigenvalue weighted by Gasteiger charge is 2.46. The second kappa shape index (κ2) is 22.5. The first-order valence-electron chi connectivity index (χ1n) is 16.0. The second-order valence-electron chi connectivity index (χ2n) is 12.5. The van der Waals surface area contributed by atoms with Crippen molar-refractivity contribution < 1.29 is 117 Å². The van der Waals surface area contributed by atoms with Crippen LogP contribution in [0.2, 0.25) is 0 Å². The molecule has 0 amide bonds. The zero-order valence-corrected chi connectivity index (χ0v) is 31.0. The summed E-state index contributed by atoms with van der Waals surface area (Å²) in [6, 6.07) is 0. The number of aliphatic hydroxyl groups excluding tert-OH is 8. The Morgan fingerprint density at radius 2 is 1.11 bits per heavy atom. The molecule has 26 nitrogen and oxygen atoms in total. The maximum absolute atomic E-state index is 10.9. The van der Waals surface area contributed by atoms with Gasteiger partial charge in [0.2, 0.25) is 0 Å². The van der Waals surface area contributed by atoms with Gasteiger partial charge in [0, 0.05) is 0 Å². The minimum atomic E-state index is -4.93. The highest BCUT2D eigenvalue weighted by Crippen LogP contribution is 2.38. The predicted molar refractivity (Wildman–Crippen MR) is 173 cm³/mol. The van der Waals surface area contributed by atoms with Gasteiger partial charge in [-0.3, -0.25) is 9.05 Å². The number of oxime groups is 2. The number of phosphoric acid groups is 2. The van der Waals surface area contributed by atoms with Gasteiger partial charge in [-0.2, -0.15) is 0 Å². The first kappa shape index (κ1) is 48.7. The number of ether oxygens (including phenoxy) is 6. The molecule has 12 N–H and O–H groups in total. The summed E-state index contributed by atoms with van der Waals surface area (Å²) >= 11 is 0. The largest absolute Gasteiger partial charge is 0.469 e. The Hall–Kier alpha value is -1.40. The molecule has 0 bridgehead atoms. The summed E-state index contributed by atoms with van der Waals surface area (Å²) in [6.45, 7) is 1.37. The van der Waals surface area contributed by atoms with Crippen LogP contribution in [0.25, 0.3) is 0 Å². The van der Waals surface area contributed by atoms with Crippen LogP contribution in [0.1, 0.15) is 20.8 Å². The van der Waals surface area contributed by atoms with Gasteiger partial charge in [0.1, 0.15) is 74.3 Å². The van der Waals surface area contributed by atoms with Gasteiger partial charge in [-0.25, -0.2) is 9.13 Å². The van der Waals surface area contributed by atoms with E-state index in [9.17, 15) is 50.0 Å². The van der Waals surface area contributed by atoms with Crippen LogP contribution in [0.3, 0.4) is 0 Å². The van der Waals surface area contributed by atoms with Crippen LogP contribution >= 0.6 is 15.6 Å². The molecule has 28 heteroatoms. The highest BCUT2D eigenvalue weighted by atomic mass is 31.2. The van der Waals surface area contributed by atoms with Crippen LogP contribution in [-0.2, 0) is 56.3 Å². The first-order chi connectivity index (χ1) is 25.0. The van der Waals surface area contributed by atoms with Crippen molar-refractivity contribution in [3.8, 4) is 0 Å². The lowest BCUT2D eigenvalue weighted by Crippen LogP contribution is -2.59. The molecule has 318 valence electrons. The smallest absolute Gasteiger partial charge is 0.394 e. The van der Waals surface area contributed by atoms with Gasteiger partial charge in [0.05, 0.1) is 51.1 Å². The third-order valence-electron chi connectivity index (χ3n) is 6.89. The maximum atomic E-state index is 10.9. The molecule has 2 fully saturated rings. The Labute approximate surface area is 307 Å². The molecule has 2 aliphatic heterocycles. The van der Waals surface area contributed by atoms with E-state index in [0.717, 1.165) is 12.4 Å². The summed E-state index contributed by atoms with van der Waals surface area (Å²) in [5.74, 6) is 0. The number of nitrogens with zero attached hydrogens (tertiary/aromatic N) is 2. The topological polar surface area (TPSA) is 394 Å². The van der Waals surface area contributed by atoms with E-state index in [1.807, 2.05) is 0 Å². The fraction of sp³-hybridized carbons (Fsp3) is 0.923. The molecule has 13 atom stereocenters. The van der Waals surface area contributed by atoms with Crippen molar-refractivity contribution in [2.45, 2.75) is 106 Å². The molecule has 2 aliphatic rings. The number of rotatable bonds is 23. The average molecular weight is 837 g/mol. The summed E-state index contributed by atoms with van der Waals surface area (Å²) in [7, 11) is -9.85. The molecule has 2 unspecified atom stereocenters. The van der Waals surface area contributed by atoms with Crippen LogP contribution in [0.15, 0.2) is 10.3 Å². The quantitative estimate of drug-likeness (QED) is 0.0150. The lowest BCUT2D eigenvalue weighted by atomic mass is 9.99. The van der Waals surface area contributed by atoms with E-state index in [4.69, 9.17) is 57.7 Å². The predicted octanol–water partition coefficient (Wildman–Crippen LogP) is -5.26. The molecule has 2 heterocycles. The summed E-state index contributed by atoms with van der Waals surface area (Å²) in [5, 5.41) is 87.9. The molecule has 0 aromatic heterocycles. The molecule has 0 aliphatic carbocycles. The zero-order valence-electron chi connectivity index (χ0n) is 29.2. The summed E-state index contributed by atoms with van der Waals surface area (Å²) in [4.78, 5) is 45.4. The molecule has 0 radical (unpaired) electrons. The van der Waals surface area contributed by atoms with E-state index in [-0.39, 0.29) is 26.4 Å². The molecular formula is C26H50N2O24P2. The van der Waals surface area contributed by atoms with E-state index < -0.39 is 121 Å². The lowest BCUT2D eigenvalue weighted by Gasteiger charge is -2.40. The van der Waals surface area contributed by atoms with E-state index >= 15 is 0 Å². The molecule has 0 saturated carbocycles. The molecule has 54 heavy (non-hydrogen) atoms. The van der Waals surface area contributed by atoms with E-state index in [0.29, 0.717) is 0 Å². The van der Waals surface area contributed by atoms with Crippen LogP contribution in [0, 0.1) is 0 Å². The normalized spacial score (nSPS) is 31.8. The third kappa shape index (κ3) is 17.8. The standard InChI is InChI=1S/C26H50N2O24P2/c1-26(2,3)52-23(14(30)9-28-46-7-5-44-25-22(36)20(34)18(32)16(51-25)12-48-54(40,41)42)49-13(10-29)8-27-45-6-4-43-24-21(35)19(33)17(31)15(50-24)11-47-53(37,38)39/h8-9,13-25,29-36H,4-7,10-12H2,1-3H3,(H2,37,38,39)(H2,40,41,42)/b27-8+,28-9-/t13-,14+,15+,16+,17+,18+,19-,20-,21-,22-,23-,24?,25?/m0/s1. The van der Waals surface area contributed by atoms with Crippen LogP contribution < -0.4 is 0 Å². The van der Waals surface area contributed by atoms with Gasteiger partial charge in [0.15, 0.2) is 18.9 Å². The molecule has 0 aromatic carbocycles.